The minimum atomic E-state index is -2.75. The predicted molar refractivity (Wildman–Crippen MR) is 55.4 cm³/mol. The molecule has 0 atom stereocenters. The molecule has 1 aromatic carbocycles. The summed E-state index contributed by atoms with van der Waals surface area (Å²) in [6.07, 6.45) is 0. The maximum atomic E-state index is 10.7. The van der Waals surface area contributed by atoms with Crippen molar-refractivity contribution in [2.24, 2.45) is 0 Å². The van der Waals surface area contributed by atoms with Gasteiger partial charge in [0.05, 0.1) is 0 Å². The number of aromatic carboxylic acids is 1. The Kier molecular flexibility index (Phi) is 3.01. The van der Waals surface area contributed by atoms with Crippen molar-refractivity contribution in [2.75, 3.05) is 0 Å². The number of hydrogen-bond acceptors (Lipinski definition) is 4. The minimum absolute atomic E-state index is 0.240. The maximum absolute atomic E-state index is 10.7. The molecule has 1 aromatic rings. The third-order valence-electron chi connectivity index (χ3n) is 1.57. The summed E-state index contributed by atoms with van der Waals surface area (Å²) in [4.78, 5) is 20.1. The third kappa shape index (κ3) is 3.26. The first-order valence-electron chi connectivity index (χ1n) is 4.27. The molecule has 82 valence electrons. The Bertz CT molecular complexity index is 383. The lowest BCUT2D eigenvalue weighted by Crippen LogP contribution is -2.33. The highest BCUT2D eigenvalue weighted by Gasteiger charge is 2.21. The fraction of sp³-hybridized carbons (Fsp3) is 0.222. The van der Waals surface area contributed by atoms with Crippen LogP contribution in [0.15, 0.2) is 18.2 Å². The monoisotopic (exact) mass is 228 g/mol. The van der Waals surface area contributed by atoms with E-state index < -0.39 is 14.5 Å². The van der Waals surface area contributed by atoms with E-state index in [9.17, 15) is 14.7 Å². The van der Waals surface area contributed by atoms with Crippen molar-refractivity contribution in [1.82, 2.24) is 0 Å². The van der Waals surface area contributed by atoms with Crippen molar-refractivity contribution in [1.29, 1.82) is 0 Å². The van der Waals surface area contributed by atoms with Crippen molar-refractivity contribution in [2.45, 2.75) is 13.1 Å². The molecule has 0 aliphatic carbocycles. The molecule has 0 aliphatic rings. The van der Waals surface area contributed by atoms with Crippen LogP contribution in [-0.2, 0) is 0 Å². The van der Waals surface area contributed by atoms with Crippen LogP contribution in [-0.4, -0.2) is 29.5 Å². The highest BCUT2D eigenvalue weighted by atomic mass is 28.4. The zero-order valence-electron chi connectivity index (χ0n) is 8.39. The van der Waals surface area contributed by atoms with Crippen LogP contribution in [0.25, 0.3) is 0 Å². The normalized spacial score (nSPS) is 11.1. The van der Waals surface area contributed by atoms with Gasteiger partial charge in [0.2, 0.25) is 0 Å². The van der Waals surface area contributed by atoms with E-state index in [0.29, 0.717) is 0 Å². The van der Waals surface area contributed by atoms with Gasteiger partial charge in [0.1, 0.15) is 17.1 Å². The van der Waals surface area contributed by atoms with Crippen LogP contribution in [0.1, 0.15) is 10.4 Å². The van der Waals surface area contributed by atoms with Crippen molar-refractivity contribution < 1.29 is 24.2 Å². The largest absolute Gasteiger partial charge is 0.520 e. The lowest BCUT2D eigenvalue weighted by molar-refractivity contribution is 0.0693. The molecule has 0 amide bonds. The average molecular weight is 228 g/mol. The molecule has 0 aromatic heterocycles. The summed E-state index contributed by atoms with van der Waals surface area (Å²) < 4.78 is 5.17. The van der Waals surface area contributed by atoms with E-state index >= 15 is 0 Å². The number of aromatic hydroxyl groups is 1. The molecule has 0 bridgehead atoms. The molecule has 15 heavy (non-hydrogen) atoms. The zero-order chi connectivity index (χ0) is 11.6. The van der Waals surface area contributed by atoms with Crippen LogP contribution in [0.4, 0.5) is 0 Å². The number of carboxylic acid groups (broad SMARTS) is 1. The molecular formula is C9H12O5Si. The van der Waals surface area contributed by atoms with Gasteiger partial charge in [-0.15, -0.1) is 0 Å². The molecular weight excluding hydrogens is 216 g/mol. The average Bonchev–Trinajstić information content (AvgIpc) is 2.05. The lowest BCUT2D eigenvalue weighted by Gasteiger charge is -2.17. The Balaban J connectivity index is 3.03. The van der Waals surface area contributed by atoms with Gasteiger partial charge < -0.3 is 19.4 Å². The number of carbonyl (C=O) groups is 1. The molecule has 5 nitrogen and oxygen atoms in total. The topological polar surface area (TPSA) is 87.0 Å². The number of phenols is 1. The molecule has 0 spiro atoms. The summed E-state index contributed by atoms with van der Waals surface area (Å²) in [6, 6.07) is 3.81. The van der Waals surface area contributed by atoms with Crippen LogP contribution in [0.5, 0.6) is 11.5 Å². The summed E-state index contributed by atoms with van der Waals surface area (Å²) in [6.45, 7) is 3.11. The molecule has 0 saturated heterocycles. The Morgan fingerprint density at radius 1 is 1.40 bits per heavy atom. The highest BCUT2D eigenvalue weighted by molar-refractivity contribution is 6.63. The first-order valence-corrected chi connectivity index (χ1v) is 7.13. The summed E-state index contributed by atoms with van der Waals surface area (Å²) >= 11 is 0. The van der Waals surface area contributed by atoms with Gasteiger partial charge in [-0.2, -0.15) is 0 Å². The Morgan fingerprint density at radius 2 is 2.00 bits per heavy atom. The standard InChI is InChI=1S/C9H12O5Si/c1-15(2,13)14-6-3-4-8(10)7(5-6)9(11)12/h3-5,10,13H,1-2H3,(H,11,12). The number of carboxylic acids is 1. The van der Waals surface area contributed by atoms with E-state index in [4.69, 9.17) is 9.53 Å². The van der Waals surface area contributed by atoms with Gasteiger partial charge in [0.25, 0.3) is 0 Å². The van der Waals surface area contributed by atoms with Crippen molar-refractivity contribution in [3.05, 3.63) is 23.8 Å². The van der Waals surface area contributed by atoms with Crippen LogP contribution >= 0.6 is 0 Å². The van der Waals surface area contributed by atoms with Gasteiger partial charge >= 0.3 is 14.5 Å². The second kappa shape index (κ2) is 3.91. The molecule has 0 unspecified atom stereocenters. The minimum Gasteiger partial charge on any atom is -0.520 e. The second-order valence-electron chi connectivity index (χ2n) is 3.53. The van der Waals surface area contributed by atoms with E-state index in [1.165, 1.54) is 18.2 Å². The van der Waals surface area contributed by atoms with Crippen molar-refractivity contribution in [3.8, 4) is 11.5 Å². The molecule has 0 fully saturated rings. The van der Waals surface area contributed by atoms with Gasteiger partial charge in [-0.3, -0.25) is 0 Å². The Hall–Kier alpha value is -1.53. The molecule has 1 rings (SSSR count). The van der Waals surface area contributed by atoms with E-state index in [-0.39, 0.29) is 17.1 Å². The summed E-state index contributed by atoms with van der Waals surface area (Å²) in [5, 5.41) is 17.9. The fourth-order valence-electron chi connectivity index (χ4n) is 1.04. The van der Waals surface area contributed by atoms with Crippen molar-refractivity contribution >= 4 is 14.5 Å². The van der Waals surface area contributed by atoms with Crippen LogP contribution < -0.4 is 4.43 Å². The molecule has 6 heteroatoms. The SMILES string of the molecule is C[Si](C)(O)Oc1ccc(O)c(C(=O)O)c1. The summed E-state index contributed by atoms with van der Waals surface area (Å²) in [5.74, 6) is -1.33. The lowest BCUT2D eigenvalue weighted by atomic mass is 10.2. The first kappa shape index (κ1) is 11.5. The zero-order valence-corrected chi connectivity index (χ0v) is 9.39. The third-order valence-corrected chi connectivity index (χ3v) is 2.30. The van der Waals surface area contributed by atoms with Crippen LogP contribution in [0.3, 0.4) is 0 Å². The van der Waals surface area contributed by atoms with Gasteiger partial charge in [-0.25, -0.2) is 4.79 Å². The van der Waals surface area contributed by atoms with Gasteiger partial charge in [-0.1, -0.05) is 0 Å². The number of hydrogen-bond donors (Lipinski definition) is 3. The quantitative estimate of drug-likeness (QED) is 0.676. The van der Waals surface area contributed by atoms with E-state index in [1.807, 2.05) is 0 Å². The van der Waals surface area contributed by atoms with Gasteiger partial charge in [0.15, 0.2) is 0 Å². The number of benzene rings is 1. The molecule has 0 aliphatic heterocycles. The van der Waals surface area contributed by atoms with E-state index in [2.05, 4.69) is 0 Å². The second-order valence-corrected chi connectivity index (χ2v) is 6.63. The van der Waals surface area contributed by atoms with E-state index in [0.717, 1.165) is 0 Å². The van der Waals surface area contributed by atoms with Crippen molar-refractivity contribution in [3.63, 3.8) is 0 Å². The molecule has 0 heterocycles. The molecule has 3 N–H and O–H groups in total. The van der Waals surface area contributed by atoms with Crippen LogP contribution in [0.2, 0.25) is 13.1 Å². The fourth-order valence-corrected chi connectivity index (χ4v) is 1.74. The highest BCUT2D eigenvalue weighted by Crippen LogP contribution is 2.24. The number of rotatable bonds is 3. The summed E-state index contributed by atoms with van der Waals surface area (Å²) in [7, 11) is -2.75. The summed E-state index contributed by atoms with van der Waals surface area (Å²) in [5.41, 5.74) is -0.245. The van der Waals surface area contributed by atoms with E-state index in [1.54, 1.807) is 13.1 Å². The Morgan fingerprint density at radius 3 is 2.47 bits per heavy atom. The molecule has 0 saturated carbocycles. The van der Waals surface area contributed by atoms with Crippen LogP contribution in [0, 0.1) is 0 Å². The van der Waals surface area contributed by atoms with Gasteiger partial charge in [0, 0.05) is 0 Å². The predicted octanol–water partition coefficient (Wildman–Crippen LogP) is 1.16. The maximum Gasteiger partial charge on any atom is 0.389 e. The molecule has 0 radical (unpaired) electrons. The first-order chi connectivity index (χ1) is 6.79. The smallest absolute Gasteiger partial charge is 0.389 e. The van der Waals surface area contributed by atoms with Gasteiger partial charge in [-0.05, 0) is 31.3 Å². The Labute approximate surface area is 87.8 Å².